The molecule has 0 amide bonds. The van der Waals surface area contributed by atoms with Crippen molar-refractivity contribution in [2.45, 2.75) is 13.0 Å². The van der Waals surface area contributed by atoms with Crippen molar-refractivity contribution < 1.29 is 0 Å². The summed E-state index contributed by atoms with van der Waals surface area (Å²) in [7, 11) is 1.91. The van der Waals surface area contributed by atoms with E-state index in [-0.39, 0.29) is 6.04 Å². The van der Waals surface area contributed by atoms with Gasteiger partial charge in [-0.15, -0.1) is 6.58 Å². The Morgan fingerprint density at radius 1 is 1.79 bits per heavy atom. The Morgan fingerprint density at radius 2 is 2.50 bits per heavy atom. The minimum absolute atomic E-state index is 0.168. The number of hydrogen-bond acceptors (Lipinski definition) is 3. The summed E-state index contributed by atoms with van der Waals surface area (Å²) < 4.78 is 1.81. The maximum atomic E-state index is 5.69. The summed E-state index contributed by atoms with van der Waals surface area (Å²) in [6.45, 7) is 6.99. The maximum absolute atomic E-state index is 5.69. The highest BCUT2D eigenvalue weighted by Gasteiger charge is 2.13. The van der Waals surface area contributed by atoms with Crippen LogP contribution in [0, 0.1) is 6.92 Å². The minimum atomic E-state index is 0.168. The van der Waals surface area contributed by atoms with Gasteiger partial charge < -0.3 is 11.1 Å². The molecule has 4 nitrogen and oxygen atoms in total. The first kappa shape index (κ1) is 10.9. The summed E-state index contributed by atoms with van der Waals surface area (Å²) in [6.07, 6.45) is 3.83. The van der Waals surface area contributed by atoms with Crippen molar-refractivity contribution in [3.05, 3.63) is 30.1 Å². The summed E-state index contributed by atoms with van der Waals surface area (Å²) in [6, 6.07) is 0.168. The molecule has 1 unspecified atom stereocenters. The molecule has 1 aromatic rings. The Bertz CT molecular complexity index is 303. The molecule has 0 aromatic carbocycles. The van der Waals surface area contributed by atoms with Crippen molar-refractivity contribution in [2.75, 3.05) is 13.1 Å². The third-order valence-corrected chi connectivity index (χ3v) is 2.17. The third kappa shape index (κ3) is 2.43. The van der Waals surface area contributed by atoms with Gasteiger partial charge in [0.05, 0.1) is 5.69 Å². The molecule has 14 heavy (non-hydrogen) atoms. The van der Waals surface area contributed by atoms with E-state index in [2.05, 4.69) is 17.0 Å². The van der Waals surface area contributed by atoms with Crippen LogP contribution in [0.3, 0.4) is 0 Å². The molecule has 0 aliphatic carbocycles. The van der Waals surface area contributed by atoms with Crippen LogP contribution in [0.25, 0.3) is 0 Å². The first-order chi connectivity index (χ1) is 6.69. The fourth-order valence-corrected chi connectivity index (χ4v) is 1.51. The second-order valence-corrected chi connectivity index (χ2v) is 3.33. The van der Waals surface area contributed by atoms with E-state index in [0.717, 1.165) is 17.8 Å². The molecule has 0 aliphatic rings. The quantitative estimate of drug-likeness (QED) is 0.671. The van der Waals surface area contributed by atoms with Crippen LogP contribution < -0.4 is 11.1 Å². The van der Waals surface area contributed by atoms with E-state index in [9.17, 15) is 0 Å². The summed E-state index contributed by atoms with van der Waals surface area (Å²) in [5.74, 6) is 0. The number of nitrogens with two attached hydrogens (primary N) is 1. The van der Waals surface area contributed by atoms with E-state index in [1.165, 1.54) is 0 Å². The second-order valence-electron chi connectivity index (χ2n) is 3.33. The first-order valence-electron chi connectivity index (χ1n) is 4.73. The summed E-state index contributed by atoms with van der Waals surface area (Å²) in [5.41, 5.74) is 7.88. The fraction of sp³-hybridized carbons (Fsp3) is 0.500. The SMILES string of the molecule is C=CCNC(CN)c1cn(C)nc1C. The van der Waals surface area contributed by atoms with Gasteiger partial charge in [-0.2, -0.15) is 5.10 Å². The zero-order valence-corrected chi connectivity index (χ0v) is 8.83. The number of nitrogens with zero attached hydrogens (tertiary/aromatic N) is 2. The molecule has 0 radical (unpaired) electrons. The normalized spacial score (nSPS) is 12.8. The molecule has 1 aromatic heterocycles. The van der Waals surface area contributed by atoms with Crippen molar-refractivity contribution in [1.82, 2.24) is 15.1 Å². The summed E-state index contributed by atoms with van der Waals surface area (Å²) in [4.78, 5) is 0. The van der Waals surface area contributed by atoms with E-state index in [1.807, 2.05) is 30.9 Å². The largest absolute Gasteiger partial charge is 0.329 e. The van der Waals surface area contributed by atoms with Crippen LogP contribution in [0.5, 0.6) is 0 Å². The predicted octanol–water partition coefficient (Wildman–Crippen LogP) is 0.504. The standard InChI is InChI=1S/C10H18N4/c1-4-5-12-10(6-11)9-7-14(3)13-8(9)2/h4,7,10,12H,1,5-6,11H2,2-3H3. The molecule has 1 rings (SSSR count). The van der Waals surface area contributed by atoms with Gasteiger partial charge in [-0.05, 0) is 6.92 Å². The Labute approximate surface area is 84.8 Å². The molecule has 0 fully saturated rings. The molecule has 1 heterocycles. The Hall–Kier alpha value is -1.13. The van der Waals surface area contributed by atoms with Gasteiger partial charge in [-0.25, -0.2) is 0 Å². The Morgan fingerprint density at radius 3 is 2.93 bits per heavy atom. The van der Waals surface area contributed by atoms with Gasteiger partial charge in [0.1, 0.15) is 0 Å². The van der Waals surface area contributed by atoms with Crippen LogP contribution in [0.15, 0.2) is 18.9 Å². The number of aryl methyl sites for hydroxylation is 2. The molecular weight excluding hydrogens is 176 g/mol. The zero-order chi connectivity index (χ0) is 10.6. The molecule has 78 valence electrons. The molecule has 0 saturated carbocycles. The van der Waals surface area contributed by atoms with Crippen molar-refractivity contribution >= 4 is 0 Å². The maximum Gasteiger partial charge on any atom is 0.0641 e. The van der Waals surface area contributed by atoms with Crippen LogP contribution in [-0.2, 0) is 7.05 Å². The van der Waals surface area contributed by atoms with Gasteiger partial charge in [0.25, 0.3) is 0 Å². The van der Waals surface area contributed by atoms with Gasteiger partial charge in [-0.3, -0.25) is 4.68 Å². The fourth-order valence-electron chi connectivity index (χ4n) is 1.51. The lowest BCUT2D eigenvalue weighted by atomic mass is 10.1. The number of hydrogen-bond donors (Lipinski definition) is 2. The van der Waals surface area contributed by atoms with Gasteiger partial charge in [0, 0.05) is 37.9 Å². The lowest BCUT2D eigenvalue weighted by molar-refractivity contribution is 0.574. The molecule has 0 aliphatic heterocycles. The van der Waals surface area contributed by atoms with E-state index in [0.29, 0.717) is 6.54 Å². The second kappa shape index (κ2) is 4.93. The lowest BCUT2D eigenvalue weighted by Crippen LogP contribution is -2.28. The number of nitrogens with one attached hydrogen (secondary N) is 1. The van der Waals surface area contributed by atoms with E-state index in [4.69, 9.17) is 5.73 Å². The Balaban J connectivity index is 2.77. The molecule has 4 heteroatoms. The van der Waals surface area contributed by atoms with Crippen molar-refractivity contribution in [2.24, 2.45) is 12.8 Å². The van der Waals surface area contributed by atoms with Gasteiger partial charge in [-0.1, -0.05) is 6.08 Å². The predicted molar refractivity (Wildman–Crippen MR) is 57.9 cm³/mol. The lowest BCUT2D eigenvalue weighted by Gasteiger charge is -2.14. The van der Waals surface area contributed by atoms with Crippen LogP contribution in [0.1, 0.15) is 17.3 Å². The van der Waals surface area contributed by atoms with Crippen molar-refractivity contribution in [1.29, 1.82) is 0 Å². The average Bonchev–Trinajstić information content (AvgIpc) is 2.47. The monoisotopic (exact) mass is 194 g/mol. The minimum Gasteiger partial charge on any atom is -0.329 e. The van der Waals surface area contributed by atoms with Gasteiger partial charge in [0.15, 0.2) is 0 Å². The third-order valence-electron chi connectivity index (χ3n) is 2.17. The summed E-state index contributed by atoms with van der Waals surface area (Å²) in [5, 5.41) is 7.58. The van der Waals surface area contributed by atoms with E-state index >= 15 is 0 Å². The van der Waals surface area contributed by atoms with Gasteiger partial charge >= 0.3 is 0 Å². The zero-order valence-electron chi connectivity index (χ0n) is 8.83. The highest BCUT2D eigenvalue weighted by Crippen LogP contribution is 2.14. The molecule has 0 saturated heterocycles. The van der Waals surface area contributed by atoms with Crippen molar-refractivity contribution in [3.63, 3.8) is 0 Å². The molecule has 0 spiro atoms. The van der Waals surface area contributed by atoms with Crippen LogP contribution in [-0.4, -0.2) is 22.9 Å². The van der Waals surface area contributed by atoms with Crippen LogP contribution >= 0.6 is 0 Å². The number of aromatic nitrogens is 2. The van der Waals surface area contributed by atoms with Crippen LogP contribution in [0.4, 0.5) is 0 Å². The average molecular weight is 194 g/mol. The smallest absolute Gasteiger partial charge is 0.0641 e. The highest BCUT2D eigenvalue weighted by atomic mass is 15.3. The number of rotatable bonds is 5. The molecule has 0 bridgehead atoms. The van der Waals surface area contributed by atoms with Crippen molar-refractivity contribution in [3.8, 4) is 0 Å². The highest BCUT2D eigenvalue weighted by molar-refractivity contribution is 5.20. The molecule has 1 atom stereocenters. The topological polar surface area (TPSA) is 55.9 Å². The van der Waals surface area contributed by atoms with E-state index < -0.39 is 0 Å². The Kier molecular flexibility index (Phi) is 3.85. The van der Waals surface area contributed by atoms with Gasteiger partial charge in [0.2, 0.25) is 0 Å². The van der Waals surface area contributed by atoms with E-state index in [1.54, 1.807) is 0 Å². The molecule has 3 N–H and O–H groups in total. The van der Waals surface area contributed by atoms with Crippen LogP contribution in [0.2, 0.25) is 0 Å². The summed E-state index contributed by atoms with van der Waals surface area (Å²) >= 11 is 0. The first-order valence-corrected chi connectivity index (χ1v) is 4.73. The molecular formula is C10H18N4.